The lowest BCUT2D eigenvalue weighted by Crippen LogP contribution is -2.49. The van der Waals surface area contributed by atoms with Gasteiger partial charge >= 0.3 is 0 Å². The molecule has 0 N–H and O–H groups in total. The van der Waals surface area contributed by atoms with Gasteiger partial charge in [0.1, 0.15) is 23.3 Å². The van der Waals surface area contributed by atoms with E-state index in [1.807, 2.05) is 41.3 Å². The highest BCUT2D eigenvalue weighted by Crippen LogP contribution is 2.47. The lowest BCUT2D eigenvalue weighted by atomic mass is 10.1. The molecule has 0 radical (unpaired) electrons. The van der Waals surface area contributed by atoms with Crippen molar-refractivity contribution in [3.8, 4) is 11.8 Å². The first-order valence-electron chi connectivity index (χ1n) is 10.4. The summed E-state index contributed by atoms with van der Waals surface area (Å²) in [5, 5.41) is 9.68. The van der Waals surface area contributed by atoms with E-state index in [-0.39, 0.29) is 11.9 Å². The van der Waals surface area contributed by atoms with Crippen molar-refractivity contribution in [3.63, 3.8) is 0 Å². The van der Waals surface area contributed by atoms with Crippen LogP contribution in [0.2, 0.25) is 0 Å². The zero-order valence-electron chi connectivity index (χ0n) is 17.5. The molecule has 1 saturated carbocycles. The number of nitrogens with zero attached hydrogens (tertiary/aromatic N) is 3. The lowest BCUT2D eigenvalue weighted by Gasteiger charge is -2.36. The fourth-order valence-corrected chi connectivity index (χ4v) is 3.99. The predicted molar refractivity (Wildman–Crippen MR) is 114 cm³/mol. The van der Waals surface area contributed by atoms with Crippen LogP contribution in [0, 0.1) is 17.2 Å². The van der Waals surface area contributed by atoms with E-state index in [0.717, 1.165) is 22.8 Å². The molecule has 2 fully saturated rings. The van der Waals surface area contributed by atoms with Crippen LogP contribution in [0.25, 0.3) is 6.08 Å². The van der Waals surface area contributed by atoms with Crippen LogP contribution in [-0.4, -0.2) is 49.0 Å². The normalized spacial score (nSPS) is 22.6. The van der Waals surface area contributed by atoms with Gasteiger partial charge in [0, 0.05) is 38.2 Å². The van der Waals surface area contributed by atoms with Crippen molar-refractivity contribution in [2.24, 2.45) is 5.92 Å². The van der Waals surface area contributed by atoms with E-state index in [1.54, 1.807) is 19.3 Å². The molecule has 6 heteroatoms. The maximum absolute atomic E-state index is 12.6. The number of nitriles is 1. The smallest absolute Gasteiger partial charge is 0.246 e. The average molecular weight is 405 g/mol. The number of carbonyl (C=O) groups is 1. The zero-order chi connectivity index (χ0) is 21.1. The van der Waals surface area contributed by atoms with Crippen molar-refractivity contribution in [3.05, 3.63) is 59.6 Å². The molecule has 1 saturated heterocycles. The third kappa shape index (κ3) is 4.42. The van der Waals surface area contributed by atoms with Gasteiger partial charge in [-0.25, -0.2) is 0 Å². The van der Waals surface area contributed by atoms with Gasteiger partial charge in [-0.1, -0.05) is 19.1 Å². The summed E-state index contributed by atoms with van der Waals surface area (Å²) in [7, 11) is 1.62. The summed E-state index contributed by atoms with van der Waals surface area (Å²) in [6.07, 6.45) is 4.51. The zero-order valence-corrected chi connectivity index (χ0v) is 17.5. The van der Waals surface area contributed by atoms with E-state index in [1.165, 1.54) is 6.42 Å². The molecule has 156 valence electrons. The van der Waals surface area contributed by atoms with Crippen LogP contribution in [-0.2, 0) is 4.79 Å². The van der Waals surface area contributed by atoms with E-state index < -0.39 is 0 Å². The predicted octanol–water partition coefficient (Wildman–Crippen LogP) is 3.83. The van der Waals surface area contributed by atoms with Crippen LogP contribution in [0.15, 0.2) is 46.9 Å². The maximum atomic E-state index is 12.6. The quantitative estimate of drug-likeness (QED) is 0.683. The molecule has 1 aliphatic carbocycles. The Labute approximate surface area is 177 Å². The fourth-order valence-electron chi connectivity index (χ4n) is 3.99. The second-order valence-electron chi connectivity index (χ2n) is 8.06. The minimum Gasteiger partial charge on any atom is -0.497 e. The summed E-state index contributed by atoms with van der Waals surface area (Å²) in [5.41, 5.74) is 0.941. The van der Waals surface area contributed by atoms with Crippen LogP contribution in [0.4, 0.5) is 0 Å². The SMILES string of the molecule is COc1ccc(C(C#N)N2CCN(C(=O)C=Cc3ccc(C4CC4C)o3)CC2)cc1. The molecule has 2 aromatic rings. The number of amides is 1. The number of ether oxygens (including phenoxy) is 1. The molecule has 1 aliphatic heterocycles. The Hall–Kier alpha value is -3.04. The Balaban J connectivity index is 1.31. The van der Waals surface area contributed by atoms with Gasteiger partial charge in [-0.2, -0.15) is 5.26 Å². The van der Waals surface area contributed by atoms with Gasteiger partial charge in [-0.05, 0) is 48.2 Å². The van der Waals surface area contributed by atoms with Crippen molar-refractivity contribution < 1.29 is 13.9 Å². The summed E-state index contributed by atoms with van der Waals surface area (Å²) < 4.78 is 11.0. The second kappa shape index (κ2) is 8.76. The summed E-state index contributed by atoms with van der Waals surface area (Å²) >= 11 is 0. The Kier molecular flexibility index (Phi) is 5.91. The average Bonchev–Trinajstić information content (AvgIpc) is 3.32. The van der Waals surface area contributed by atoms with Gasteiger partial charge in [0.25, 0.3) is 0 Å². The molecule has 0 spiro atoms. The molecule has 6 nitrogen and oxygen atoms in total. The van der Waals surface area contributed by atoms with Crippen molar-refractivity contribution in [2.75, 3.05) is 33.3 Å². The molecule has 0 bridgehead atoms. The van der Waals surface area contributed by atoms with Crippen LogP contribution in [0.1, 0.15) is 42.4 Å². The number of benzene rings is 1. The summed E-state index contributed by atoms with van der Waals surface area (Å²) in [5.74, 6) is 3.72. The first kappa shape index (κ1) is 20.2. The second-order valence-corrected chi connectivity index (χ2v) is 8.06. The molecule has 3 atom stereocenters. The van der Waals surface area contributed by atoms with E-state index in [9.17, 15) is 10.1 Å². The largest absolute Gasteiger partial charge is 0.497 e. The highest BCUT2D eigenvalue weighted by molar-refractivity contribution is 5.91. The summed E-state index contributed by atoms with van der Waals surface area (Å²) in [6.45, 7) is 4.74. The third-order valence-electron chi connectivity index (χ3n) is 6.06. The van der Waals surface area contributed by atoms with Crippen molar-refractivity contribution >= 4 is 12.0 Å². The van der Waals surface area contributed by atoms with E-state index in [0.29, 0.717) is 38.0 Å². The number of piperazine rings is 1. The highest BCUT2D eigenvalue weighted by Gasteiger charge is 2.36. The fraction of sp³-hybridized carbons (Fsp3) is 0.417. The molecule has 3 unspecified atom stereocenters. The number of hydrogen-bond acceptors (Lipinski definition) is 5. The van der Waals surface area contributed by atoms with Crippen LogP contribution in [0.5, 0.6) is 5.75 Å². The van der Waals surface area contributed by atoms with Crippen LogP contribution < -0.4 is 4.74 Å². The molecule has 1 aromatic carbocycles. The molecule has 2 heterocycles. The van der Waals surface area contributed by atoms with E-state index >= 15 is 0 Å². The monoisotopic (exact) mass is 405 g/mol. The van der Waals surface area contributed by atoms with E-state index in [2.05, 4.69) is 17.9 Å². The Morgan fingerprint density at radius 2 is 1.90 bits per heavy atom. The minimum atomic E-state index is -0.324. The van der Waals surface area contributed by atoms with Gasteiger partial charge in [-0.3, -0.25) is 9.69 Å². The molecule has 1 amide bonds. The molecular weight excluding hydrogens is 378 g/mol. The lowest BCUT2D eigenvalue weighted by molar-refractivity contribution is -0.127. The van der Waals surface area contributed by atoms with Crippen LogP contribution >= 0.6 is 0 Å². The molecule has 30 heavy (non-hydrogen) atoms. The number of rotatable bonds is 6. The standard InChI is InChI=1S/C24H27N3O3/c1-17-15-21(17)23-9-7-20(30-23)8-10-24(28)27-13-11-26(12-14-27)22(16-25)18-3-5-19(29-2)6-4-18/h3-10,17,21-22H,11-15H2,1-2H3. The number of furan rings is 1. The highest BCUT2D eigenvalue weighted by atomic mass is 16.5. The van der Waals surface area contributed by atoms with Crippen molar-refractivity contribution in [1.82, 2.24) is 9.80 Å². The Morgan fingerprint density at radius 3 is 2.50 bits per heavy atom. The number of hydrogen-bond donors (Lipinski definition) is 0. The van der Waals surface area contributed by atoms with Crippen molar-refractivity contribution in [2.45, 2.75) is 25.3 Å². The molecule has 2 aliphatic rings. The van der Waals surface area contributed by atoms with Crippen LogP contribution in [0.3, 0.4) is 0 Å². The Bertz CT molecular complexity index is 949. The number of carbonyl (C=O) groups excluding carboxylic acids is 1. The molecule has 4 rings (SSSR count). The number of methoxy groups -OCH3 is 1. The van der Waals surface area contributed by atoms with Crippen molar-refractivity contribution in [1.29, 1.82) is 5.26 Å². The van der Waals surface area contributed by atoms with E-state index in [4.69, 9.17) is 9.15 Å². The van der Waals surface area contributed by atoms with Gasteiger partial charge in [-0.15, -0.1) is 0 Å². The van der Waals surface area contributed by atoms with Gasteiger partial charge in [0.2, 0.25) is 5.91 Å². The first-order valence-corrected chi connectivity index (χ1v) is 10.4. The van der Waals surface area contributed by atoms with Gasteiger partial charge < -0.3 is 14.1 Å². The first-order chi connectivity index (χ1) is 14.6. The Morgan fingerprint density at radius 1 is 1.20 bits per heavy atom. The van der Waals surface area contributed by atoms with Gasteiger partial charge in [0.15, 0.2) is 0 Å². The summed E-state index contributed by atoms with van der Waals surface area (Å²) in [6, 6.07) is 13.6. The molecular formula is C24H27N3O3. The summed E-state index contributed by atoms with van der Waals surface area (Å²) in [4.78, 5) is 16.5. The minimum absolute atomic E-state index is 0.0228. The topological polar surface area (TPSA) is 69.7 Å². The maximum Gasteiger partial charge on any atom is 0.246 e. The third-order valence-corrected chi connectivity index (χ3v) is 6.06. The van der Waals surface area contributed by atoms with Gasteiger partial charge in [0.05, 0.1) is 13.2 Å². The molecule has 1 aromatic heterocycles.